The summed E-state index contributed by atoms with van der Waals surface area (Å²) in [6.45, 7) is 3.56. The van der Waals surface area contributed by atoms with Gasteiger partial charge < -0.3 is 10.5 Å². The fourth-order valence-corrected chi connectivity index (χ4v) is 1.23. The molecule has 0 aliphatic carbocycles. The topological polar surface area (TPSA) is 65.2 Å². The first-order chi connectivity index (χ1) is 6.06. The van der Waals surface area contributed by atoms with Crippen molar-refractivity contribution in [2.75, 3.05) is 12.8 Å². The van der Waals surface area contributed by atoms with Crippen molar-refractivity contribution < 1.29 is 9.53 Å². The molecule has 0 radical (unpaired) electrons. The molecule has 0 spiro atoms. The summed E-state index contributed by atoms with van der Waals surface area (Å²) >= 11 is 0. The maximum absolute atomic E-state index is 11.2. The monoisotopic (exact) mass is 180 g/mol. The van der Waals surface area contributed by atoms with Crippen molar-refractivity contribution in [1.82, 2.24) is 4.98 Å². The number of esters is 1. The lowest BCUT2D eigenvalue weighted by molar-refractivity contribution is 0.0600. The van der Waals surface area contributed by atoms with Crippen LogP contribution in [0, 0.1) is 13.8 Å². The van der Waals surface area contributed by atoms with E-state index in [1.807, 2.05) is 6.92 Å². The lowest BCUT2D eigenvalue weighted by Crippen LogP contribution is -2.10. The van der Waals surface area contributed by atoms with Gasteiger partial charge in [0.05, 0.1) is 12.8 Å². The third-order valence-electron chi connectivity index (χ3n) is 1.75. The van der Waals surface area contributed by atoms with E-state index in [1.54, 1.807) is 13.0 Å². The second kappa shape index (κ2) is 3.43. The lowest BCUT2D eigenvalue weighted by Gasteiger charge is -2.07. The second-order valence-corrected chi connectivity index (χ2v) is 2.80. The van der Waals surface area contributed by atoms with E-state index in [4.69, 9.17) is 5.73 Å². The molecule has 0 unspecified atom stereocenters. The number of ether oxygens (including phenoxy) is 1. The van der Waals surface area contributed by atoms with Gasteiger partial charge >= 0.3 is 5.97 Å². The molecule has 1 aromatic heterocycles. The van der Waals surface area contributed by atoms with Gasteiger partial charge in [0, 0.05) is 11.4 Å². The van der Waals surface area contributed by atoms with Crippen LogP contribution in [0.25, 0.3) is 0 Å². The van der Waals surface area contributed by atoms with Crippen LogP contribution in [-0.4, -0.2) is 18.1 Å². The third-order valence-corrected chi connectivity index (χ3v) is 1.75. The van der Waals surface area contributed by atoms with Gasteiger partial charge in [-0.15, -0.1) is 0 Å². The highest BCUT2D eigenvalue weighted by Gasteiger charge is 2.14. The Morgan fingerprint density at radius 1 is 1.54 bits per heavy atom. The van der Waals surface area contributed by atoms with E-state index in [0.29, 0.717) is 16.9 Å². The molecule has 0 saturated carbocycles. The Balaban J connectivity index is 3.28. The quantitative estimate of drug-likeness (QED) is 0.656. The number of hydrogen-bond acceptors (Lipinski definition) is 4. The van der Waals surface area contributed by atoms with Gasteiger partial charge in [0.2, 0.25) is 0 Å². The number of carbonyl (C=O) groups is 1. The number of rotatable bonds is 1. The number of pyridine rings is 1. The van der Waals surface area contributed by atoms with Crippen molar-refractivity contribution in [3.05, 3.63) is 23.0 Å². The molecule has 1 aromatic rings. The maximum atomic E-state index is 11.2. The van der Waals surface area contributed by atoms with Crippen LogP contribution in [0.4, 0.5) is 5.69 Å². The van der Waals surface area contributed by atoms with Crippen LogP contribution < -0.4 is 5.73 Å². The number of carbonyl (C=O) groups excluding carboxylic acids is 1. The molecule has 4 nitrogen and oxygen atoms in total. The Morgan fingerprint density at radius 3 is 2.62 bits per heavy atom. The highest BCUT2D eigenvalue weighted by Crippen LogP contribution is 2.16. The molecular weight excluding hydrogens is 168 g/mol. The summed E-state index contributed by atoms with van der Waals surface area (Å²) in [6, 6.07) is 1.65. The average Bonchev–Trinajstić information content (AvgIpc) is 2.02. The highest BCUT2D eigenvalue weighted by atomic mass is 16.5. The zero-order chi connectivity index (χ0) is 10.0. The smallest absolute Gasteiger partial charge is 0.341 e. The maximum Gasteiger partial charge on any atom is 0.341 e. The number of anilines is 1. The second-order valence-electron chi connectivity index (χ2n) is 2.80. The Kier molecular flexibility index (Phi) is 2.51. The fraction of sp³-hybridized carbons (Fsp3) is 0.333. The molecule has 13 heavy (non-hydrogen) atoms. The molecule has 0 bridgehead atoms. The van der Waals surface area contributed by atoms with Crippen LogP contribution in [0.15, 0.2) is 6.07 Å². The standard InChI is InChI=1S/C9H12N2O2/c1-5-4-7(10)8(6(2)11-5)9(12)13-3/h4H,1-3H3,(H2,10,11). The number of aromatic nitrogens is 1. The molecule has 0 aliphatic rings. The molecule has 0 amide bonds. The molecule has 0 saturated heterocycles. The highest BCUT2D eigenvalue weighted by molar-refractivity contribution is 5.96. The third kappa shape index (κ3) is 1.77. The van der Waals surface area contributed by atoms with Gasteiger partial charge in [-0.2, -0.15) is 0 Å². The summed E-state index contributed by atoms with van der Waals surface area (Å²) in [6.07, 6.45) is 0. The van der Waals surface area contributed by atoms with Crippen molar-refractivity contribution in [2.24, 2.45) is 0 Å². The van der Waals surface area contributed by atoms with Crippen LogP contribution in [0.5, 0.6) is 0 Å². The zero-order valence-electron chi connectivity index (χ0n) is 7.92. The van der Waals surface area contributed by atoms with E-state index in [1.165, 1.54) is 7.11 Å². The largest absolute Gasteiger partial charge is 0.465 e. The van der Waals surface area contributed by atoms with E-state index in [9.17, 15) is 4.79 Å². The predicted octanol–water partition coefficient (Wildman–Crippen LogP) is 1.07. The molecule has 0 aromatic carbocycles. The van der Waals surface area contributed by atoms with Crippen molar-refractivity contribution in [3.8, 4) is 0 Å². The number of nitrogens with two attached hydrogens (primary N) is 1. The van der Waals surface area contributed by atoms with Crippen LogP contribution in [0.2, 0.25) is 0 Å². The summed E-state index contributed by atoms with van der Waals surface area (Å²) in [7, 11) is 1.32. The van der Waals surface area contributed by atoms with Gasteiger partial charge in [-0.3, -0.25) is 4.98 Å². The van der Waals surface area contributed by atoms with Gasteiger partial charge in [-0.25, -0.2) is 4.79 Å². The first-order valence-electron chi connectivity index (χ1n) is 3.88. The number of nitrogen functional groups attached to an aromatic ring is 1. The zero-order valence-corrected chi connectivity index (χ0v) is 7.92. The number of nitrogens with zero attached hydrogens (tertiary/aromatic N) is 1. The van der Waals surface area contributed by atoms with Gasteiger partial charge in [-0.1, -0.05) is 0 Å². The van der Waals surface area contributed by atoms with Crippen LogP contribution in [-0.2, 0) is 4.74 Å². The number of aryl methyl sites for hydroxylation is 2. The molecule has 0 atom stereocenters. The Bertz CT molecular complexity index is 324. The fourth-order valence-electron chi connectivity index (χ4n) is 1.23. The van der Waals surface area contributed by atoms with E-state index in [-0.39, 0.29) is 0 Å². The molecule has 0 aliphatic heterocycles. The molecule has 1 heterocycles. The number of methoxy groups -OCH3 is 1. The molecule has 70 valence electrons. The predicted molar refractivity (Wildman–Crippen MR) is 49.5 cm³/mol. The van der Waals surface area contributed by atoms with E-state index in [0.717, 1.165) is 5.69 Å². The molecule has 1 rings (SSSR count). The molecule has 2 N–H and O–H groups in total. The van der Waals surface area contributed by atoms with E-state index < -0.39 is 5.97 Å². The van der Waals surface area contributed by atoms with Gasteiger partial charge in [0.25, 0.3) is 0 Å². The molecular formula is C9H12N2O2. The Labute approximate surface area is 76.7 Å². The van der Waals surface area contributed by atoms with Gasteiger partial charge in [0.15, 0.2) is 0 Å². The normalized spacial score (nSPS) is 9.77. The summed E-state index contributed by atoms with van der Waals surface area (Å²) in [5, 5.41) is 0. The molecule has 4 heteroatoms. The molecule has 0 fully saturated rings. The number of hydrogen-bond donors (Lipinski definition) is 1. The summed E-state index contributed by atoms with van der Waals surface area (Å²) < 4.78 is 4.58. The minimum atomic E-state index is -0.442. The lowest BCUT2D eigenvalue weighted by atomic mass is 10.1. The van der Waals surface area contributed by atoms with Crippen molar-refractivity contribution in [1.29, 1.82) is 0 Å². The average molecular weight is 180 g/mol. The minimum Gasteiger partial charge on any atom is -0.465 e. The summed E-state index contributed by atoms with van der Waals surface area (Å²) in [5.74, 6) is -0.442. The first kappa shape index (κ1) is 9.51. The van der Waals surface area contributed by atoms with Crippen molar-refractivity contribution >= 4 is 11.7 Å². The SMILES string of the molecule is COC(=O)c1c(N)cc(C)nc1C. The van der Waals surface area contributed by atoms with Gasteiger partial charge in [-0.05, 0) is 19.9 Å². The Hall–Kier alpha value is -1.58. The van der Waals surface area contributed by atoms with Crippen LogP contribution >= 0.6 is 0 Å². The van der Waals surface area contributed by atoms with E-state index in [2.05, 4.69) is 9.72 Å². The van der Waals surface area contributed by atoms with Crippen LogP contribution in [0.3, 0.4) is 0 Å². The van der Waals surface area contributed by atoms with Crippen LogP contribution in [0.1, 0.15) is 21.7 Å². The van der Waals surface area contributed by atoms with Crippen molar-refractivity contribution in [3.63, 3.8) is 0 Å². The summed E-state index contributed by atoms with van der Waals surface area (Å²) in [5.41, 5.74) is 7.82. The first-order valence-corrected chi connectivity index (χ1v) is 3.88. The summed E-state index contributed by atoms with van der Waals surface area (Å²) in [4.78, 5) is 15.3. The van der Waals surface area contributed by atoms with Gasteiger partial charge in [0.1, 0.15) is 5.56 Å². The van der Waals surface area contributed by atoms with Crippen molar-refractivity contribution in [2.45, 2.75) is 13.8 Å². The Morgan fingerprint density at radius 2 is 2.15 bits per heavy atom. The van der Waals surface area contributed by atoms with E-state index >= 15 is 0 Å². The minimum absolute atomic E-state index is 0.355.